The fourth-order valence-electron chi connectivity index (χ4n) is 8.62. The number of hydrogen-bond acceptors (Lipinski definition) is 3. The molecule has 0 bridgehead atoms. The molecule has 0 spiro atoms. The van der Waals surface area contributed by atoms with Crippen molar-refractivity contribution >= 4 is 5.69 Å². The summed E-state index contributed by atoms with van der Waals surface area (Å²) in [6, 6.07) is 62.6. The van der Waals surface area contributed by atoms with E-state index >= 15 is 0 Å². The third-order valence-corrected chi connectivity index (χ3v) is 12.0. The van der Waals surface area contributed by atoms with Gasteiger partial charge in [-0.3, -0.25) is 0 Å². The van der Waals surface area contributed by atoms with Crippen LogP contribution in [-0.2, 0) is 40.2 Å². The van der Waals surface area contributed by atoms with Gasteiger partial charge in [-0.2, -0.15) is 5.26 Å². The molecule has 0 aliphatic carbocycles. The van der Waals surface area contributed by atoms with Gasteiger partial charge >= 0.3 is 0 Å². The second kappa shape index (κ2) is 19.7. The Bertz CT molecular complexity index is 3220. The summed E-state index contributed by atoms with van der Waals surface area (Å²) in [6.07, 6.45) is 3.61. The van der Waals surface area contributed by atoms with Gasteiger partial charge in [-0.05, 0) is 130 Å². The van der Waals surface area contributed by atoms with E-state index in [4.69, 9.17) is 6.57 Å². The fourth-order valence-corrected chi connectivity index (χ4v) is 8.62. The molecule has 0 atom stereocenters. The first-order valence-electron chi connectivity index (χ1n) is 20.6. The molecule has 7 aromatic carbocycles. The van der Waals surface area contributed by atoms with Crippen LogP contribution in [0.25, 0.3) is 94.1 Å². The van der Waals surface area contributed by atoms with Gasteiger partial charge in [0, 0.05) is 52.6 Å². The Morgan fingerprint density at radius 1 is 0.469 bits per heavy atom. The molecule has 0 aliphatic heterocycles. The molecule has 2 heterocycles. The van der Waals surface area contributed by atoms with Crippen molar-refractivity contribution in [2.45, 2.75) is 27.7 Å². The molecule has 0 fully saturated rings. The molecule has 0 saturated carbocycles. The maximum absolute atomic E-state index is 9.69. The third kappa shape index (κ3) is 8.71. The zero-order valence-electron chi connectivity index (χ0n) is 35.6. The average molecular weight is 1180 g/mol. The monoisotopic (exact) mass is 1180 g/mol. The summed E-state index contributed by atoms with van der Waals surface area (Å²) >= 11 is 0. The van der Waals surface area contributed by atoms with Gasteiger partial charge in [-0.15, -0.1) is 59.7 Å². The van der Waals surface area contributed by atoms with E-state index in [1.165, 1.54) is 44.5 Å². The van der Waals surface area contributed by atoms with Gasteiger partial charge in [0.25, 0.3) is 0 Å². The molecular formula is C58H40Ir2N4-2. The van der Waals surface area contributed by atoms with Crippen LogP contribution in [0.1, 0.15) is 27.8 Å². The molecule has 0 amide bonds. The van der Waals surface area contributed by atoms with Crippen molar-refractivity contribution < 1.29 is 40.2 Å². The summed E-state index contributed by atoms with van der Waals surface area (Å²) in [6.45, 7) is 16.4. The summed E-state index contributed by atoms with van der Waals surface area (Å²) in [7, 11) is 0. The van der Waals surface area contributed by atoms with E-state index in [9.17, 15) is 5.26 Å². The normalized spacial score (nSPS) is 10.5. The predicted molar refractivity (Wildman–Crippen MR) is 253 cm³/mol. The maximum Gasteiger partial charge on any atom is 0.187 e. The first kappa shape index (κ1) is 45.2. The fraction of sp³-hybridized carbons (Fsp3) is 0.0690. The topological polar surface area (TPSA) is 53.9 Å². The minimum absolute atomic E-state index is 0. The average Bonchev–Trinajstić information content (AvgIpc) is 3.34. The van der Waals surface area contributed by atoms with Crippen LogP contribution in [0.3, 0.4) is 0 Å². The molecular weight excluding hydrogens is 1140 g/mol. The summed E-state index contributed by atoms with van der Waals surface area (Å²) in [5.41, 5.74) is 22.9. The van der Waals surface area contributed by atoms with Crippen molar-refractivity contribution in [3.8, 4) is 95.3 Å². The van der Waals surface area contributed by atoms with Crippen LogP contribution in [0.15, 0.2) is 170 Å². The van der Waals surface area contributed by atoms with E-state index in [-0.39, 0.29) is 40.2 Å². The Hall–Kier alpha value is -6.88. The van der Waals surface area contributed by atoms with E-state index in [0.717, 1.165) is 67.0 Å². The van der Waals surface area contributed by atoms with E-state index < -0.39 is 0 Å². The quantitative estimate of drug-likeness (QED) is 0.143. The number of nitriles is 1. The van der Waals surface area contributed by atoms with Crippen LogP contribution in [0.4, 0.5) is 5.69 Å². The molecule has 9 rings (SSSR count). The number of rotatable bonds is 8. The van der Waals surface area contributed by atoms with Gasteiger partial charge in [0.15, 0.2) is 5.69 Å². The Kier molecular flexibility index (Phi) is 13.9. The van der Waals surface area contributed by atoms with Gasteiger partial charge in [0.2, 0.25) is 0 Å². The minimum atomic E-state index is 0. The molecule has 0 aliphatic rings. The van der Waals surface area contributed by atoms with Gasteiger partial charge in [-0.1, -0.05) is 119 Å². The second-order valence-corrected chi connectivity index (χ2v) is 15.5. The number of pyridine rings is 2. The number of hydrogen-bond donors (Lipinski definition) is 0. The van der Waals surface area contributed by atoms with E-state index in [1.54, 1.807) is 6.20 Å². The summed E-state index contributed by atoms with van der Waals surface area (Å²) in [5.74, 6) is 0. The number of aromatic nitrogens is 2. The third-order valence-electron chi connectivity index (χ3n) is 12.0. The van der Waals surface area contributed by atoms with Crippen LogP contribution >= 0.6 is 0 Å². The smallest absolute Gasteiger partial charge is 0.187 e. The second-order valence-electron chi connectivity index (χ2n) is 15.5. The number of benzene rings is 7. The first-order valence-corrected chi connectivity index (χ1v) is 20.6. The molecule has 0 N–H and O–H groups in total. The SMILES string of the molecule is [C-]#[N+]c1cccc(-c2ccnc(-c3[c-]cc(-c4ccccc4-c4c(C)c(C)c(-c5ccccc5-c5c[c-]c(-c6cc(-c7ccccc7C#N)ccn6)cc5)c(C)c4C)cc3)c2)c1.[Ir].[Ir]. The van der Waals surface area contributed by atoms with Crippen LogP contribution < -0.4 is 0 Å². The van der Waals surface area contributed by atoms with Crippen LogP contribution in [-0.4, -0.2) is 9.97 Å². The van der Waals surface area contributed by atoms with Crippen molar-refractivity contribution in [2.75, 3.05) is 0 Å². The molecule has 64 heavy (non-hydrogen) atoms. The van der Waals surface area contributed by atoms with Crippen molar-refractivity contribution in [2.24, 2.45) is 0 Å². The summed E-state index contributed by atoms with van der Waals surface area (Å²) in [5, 5.41) is 9.69. The number of nitrogens with zero attached hydrogens (tertiary/aromatic N) is 4. The zero-order valence-corrected chi connectivity index (χ0v) is 40.4. The minimum Gasteiger partial charge on any atom is -0.305 e. The summed E-state index contributed by atoms with van der Waals surface area (Å²) < 4.78 is 0. The van der Waals surface area contributed by atoms with E-state index in [2.05, 4.69) is 152 Å². The standard InChI is InChI=1S/C58H40N4.2Ir/c1-37-39(3)58(54-20-11-9-18-52(54)42-23-27-44(28-24-42)56-35-47(30-32-62-56)50-16-7-6-13-48(50)36-59)40(4)38(2)57(37)53-19-10-8-17-51(53)41-21-25-43(26-22-41)55-34-46(29-31-61-55)45-14-12-15-49(33-45)60-5;;/h6-25,27,29-35H,1-4H3;;/q-2;;. The van der Waals surface area contributed by atoms with Crippen molar-refractivity contribution in [3.63, 3.8) is 0 Å². The summed E-state index contributed by atoms with van der Waals surface area (Å²) in [4.78, 5) is 12.9. The first-order chi connectivity index (χ1) is 30.3. The van der Waals surface area contributed by atoms with Crippen molar-refractivity contribution in [1.29, 1.82) is 5.26 Å². The van der Waals surface area contributed by atoms with Crippen LogP contribution in [0.5, 0.6) is 0 Å². The Morgan fingerprint density at radius 3 is 1.41 bits per heavy atom. The molecule has 2 radical (unpaired) electrons. The Balaban J connectivity index is 0.00000306. The van der Waals surface area contributed by atoms with Gasteiger partial charge in [0.1, 0.15) is 0 Å². The van der Waals surface area contributed by atoms with Crippen molar-refractivity contribution in [3.05, 3.63) is 221 Å². The molecule has 0 unspecified atom stereocenters. The zero-order chi connectivity index (χ0) is 42.7. The van der Waals surface area contributed by atoms with Crippen LogP contribution in [0.2, 0.25) is 0 Å². The van der Waals surface area contributed by atoms with Gasteiger partial charge in [-0.25, -0.2) is 4.85 Å². The predicted octanol–water partition coefficient (Wildman–Crippen LogP) is 15.1. The van der Waals surface area contributed by atoms with Gasteiger partial charge in [0.05, 0.1) is 18.2 Å². The molecule has 9 aromatic rings. The Morgan fingerprint density at radius 2 is 0.922 bits per heavy atom. The van der Waals surface area contributed by atoms with Gasteiger partial charge < -0.3 is 9.97 Å². The molecule has 2 aromatic heterocycles. The Labute approximate surface area is 402 Å². The van der Waals surface area contributed by atoms with Crippen LogP contribution in [0, 0.1) is 57.7 Å². The molecule has 0 saturated heterocycles. The maximum atomic E-state index is 9.69. The van der Waals surface area contributed by atoms with E-state index in [0.29, 0.717) is 11.3 Å². The van der Waals surface area contributed by atoms with E-state index in [1.807, 2.05) is 72.9 Å². The van der Waals surface area contributed by atoms with Crippen molar-refractivity contribution in [1.82, 2.24) is 9.97 Å². The molecule has 312 valence electrons. The largest absolute Gasteiger partial charge is 0.305 e. The molecule has 4 nitrogen and oxygen atoms in total. The molecule has 6 heteroatoms.